The molecule has 90 valence electrons. The second-order valence-corrected chi connectivity index (χ2v) is 5.23. The SMILES string of the molecule is CCCC(C)C(O)Cc1cc(F)cc(Br)c1. The Hall–Kier alpha value is -0.410. The van der Waals surface area contributed by atoms with Crippen LogP contribution >= 0.6 is 15.9 Å². The summed E-state index contributed by atoms with van der Waals surface area (Å²) in [5, 5.41) is 9.95. The third kappa shape index (κ3) is 4.22. The van der Waals surface area contributed by atoms with Crippen LogP contribution in [-0.4, -0.2) is 11.2 Å². The Kier molecular flexibility index (Phi) is 5.42. The van der Waals surface area contributed by atoms with E-state index < -0.39 is 6.10 Å². The molecule has 1 rings (SSSR count). The van der Waals surface area contributed by atoms with Gasteiger partial charge in [-0.1, -0.05) is 36.2 Å². The molecule has 16 heavy (non-hydrogen) atoms. The smallest absolute Gasteiger partial charge is 0.124 e. The highest BCUT2D eigenvalue weighted by Crippen LogP contribution is 2.19. The van der Waals surface area contributed by atoms with Gasteiger partial charge in [0.25, 0.3) is 0 Å². The number of hydrogen-bond donors (Lipinski definition) is 1. The average molecular weight is 289 g/mol. The molecule has 1 nitrogen and oxygen atoms in total. The van der Waals surface area contributed by atoms with Crippen molar-refractivity contribution in [2.24, 2.45) is 5.92 Å². The van der Waals surface area contributed by atoms with Gasteiger partial charge in [0.2, 0.25) is 0 Å². The number of aliphatic hydroxyl groups is 1. The van der Waals surface area contributed by atoms with Crippen LogP contribution in [0.5, 0.6) is 0 Å². The van der Waals surface area contributed by atoms with Crippen molar-refractivity contribution in [1.82, 2.24) is 0 Å². The van der Waals surface area contributed by atoms with Crippen molar-refractivity contribution in [1.29, 1.82) is 0 Å². The average Bonchev–Trinajstić information content (AvgIpc) is 2.16. The largest absolute Gasteiger partial charge is 0.393 e. The lowest BCUT2D eigenvalue weighted by molar-refractivity contribution is 0.111. The Morgan fingerprint density at radius 1 is 1.38 bits per heavy atom. The Labute approximate surface area is 105 Å². The summed E-state index contributed by atoms with van der Waals surface area (Å²) in [6.07, 6.45) is 2.17. The summed E-state index contributed by atoms with van der Waals surface area (Å²) >= 11 is 3.25. The van der Waals surface area contributed by atoms with E-state index in [-0.39, 0.29) is 11.7 Å². The molecule has 0 amide bonds. The summed E-state index contributed by atoms with van der Waals surface area (Å²) in [7, 11) is 0. The molecule has 0 fully saturated rings. The van der Waals surface area contributed by atoms with Gasteiger partial charge in [0, 0.05) is 4.47 Å². The van der Waals surface area contributed by atoms with Crippen molar-refractivity contribution >= 4 is 15.9 Å². The van der Waals surface area contributed by atoms with Gasteiger partial charge in [-0.2, -0.15) is 0 Å². The first-order chi connectivity index (χ1) is 7.52. The minimum absolute atomic E-state index is 0.257. The second-order valence-electron chi connectivity index (χ2n) is 4.32. The van der Waals surface area contributed by atoms with Crippen molar-refractivity contribution in [3.8, 4) is 0 Å². The van der Waals surface area contributed by atoms with E-state index in [2.05, 4.69) is 22.9 Å². The molecule has 0 aliphatic heterocycles. The highest BCUT2D eigenvalue weighted by Gasteiger charge is 2.14. The normalized spacial score (nSPS) is 14.8. The van der Waals surface area contributed by atoms with Crippen LogP contribution in [0.2, 0.25) is 0 Å². The van der Waals surface area contributed by atoms with Crippen molar-refractivity contribution in [2.75, 3.05) is 0 Å². The third-order valence-electron chi connectivity index (χ3n) is 2.77. The van der Waals surface area contributed by atoms with Gasteiger partial charge in [-0.3, -0.25) is 0 Å². The van der Waals surface area contributed by atoms with E-state index in [1.807, 2.05) is 13.0 Å². The predicted molar refractivity (Wildman–Crippen MR) is 67.9 cm³/mol. The maximum absolute atomic E-state index is 13.1. The molecule has 1 N–H and O–H groups in total. The summed E-state index contributed by atoms with van der Waals surface area (Å²) in [5.74, 6) is -0.00763. The van der Waals surface area contributed by atoms with E-state index in [1.54, 1.807) is 0 Å². The molecule has 1 aromatic rings. The zero-order valence-electron chi connectivity index (χ0n) is 9.71. The molecule has 0 radical (unpaired) electrons. The quantitative estimate of drug-likeness (QED) is 0.870. The van der Waals surface area contributed by atoms with Crippen LogP contribution in [0, 0.1) is 11.7 Å². The second kappa shape index (κ2) is 6.36. The van der Waals surface area contributed by atoms with Gasteiger partial charge < -0.3 is 5.11 Å². The van der Waals surface area contributed by atoms with Gasteiger partial charge in [0.1, 0.15) is 5.82 Å². The molecule has 2 unspecified atom stereocenters. The third-order valence-corrected chi connectivity index (χ3v) is 3.23. The van der Waals surface area contributed by atoms with Crippen LogP contribution in [0.4, 0.5) is 4.39 Å². The Balaban J connectivity index is 2.65. The van der Waals surface area contributed by atoms with E-state index in [1.165, 1.54) is 12.1 Å². The maximum atomic E-state index is 13.1. The van der Waals surface area contributed by atoms with E-state index >= 15 is 0 Å². The summed E-state index contributed by atoms with van der Waals surface area (Å²) < 4.78 is 13.8. The molecule has 0 saturated carbocycles. The van der Waals surface area contributed by atoms with Gasteiger partial charge in [0.15, 0.2) is 0 Å². The number of hydrogen-bond acceptors (Lipinski definition) is 1. The Morgan fingerprint density at radius 2 is 2.06 bits per heavy atom. The first kappa shape index (κ1) is 13.7. The number of benzene rings is 1. The van der Waals surface area contributed by atoms with Gasteiger partial charge >= 0.3 is 0 Å². The number of halogens is 2. The van der Waals surface area contributed by atoms with Crippen molar-refractivity contribution in [3.05, 3.63) is 34.1 Å². The monoisotopic (exact) mass is 288 g/mol. The summed E-state index contributed by atoms with van der Waals surface area (Å²) in [5.41, 5.74) is 0.835. The summed E-state index contributed by atoms with van der Waals surface area (Å²) in [6.45, 7) is 4.13. The van der Waals surface area contributed by atoms with Crippen LogP contribution in [0.1, 0.15) is 32.3 Å². The highest BCUT2D eigenvalue weighted by atomic mass is 79.9. The van der Waals surface area contributed by atoms with Crippen molar-refractivity contribution in [3.63, 3.8) is 0 Å². The molecule has 1 aromatic carbocycles. The van der Waals surface area contributed by atoms with Crippen molar-refractivity contribution in [2.45, 2.75) is 39.2 Å². The van der Waals surface area contributed by atoms with Crippen LogP contribution in [0.25, 0.3) is 0 Å². The fourth-order valence-corrected chi connectivity index (χ4v) is 2.33. The minimum atomic E-state index is -0.395. The molecule has 0 heterocycles. The molecule has 3 heteroatoms. The predicted octanol–water partition coefficient (Wildman–Crippen LogP) is 3.93. The van der Waals surface area contributed by atoms with Crippen molar-refractivity contribution < 1.29 is 9.50 Å². The molecule has 0 aliphatic rings. The zero-order chi connectivity index (χ0) is 12.1. The topological polar surface area (TPSA) is 20.2 Å². The van der Waals surface area contributed by atoms with E-state index in [0.717, 1.165) is 22.9 Å². The van der Waals surface area contributed by atoms with Gasteiger partial charge in [-0.25, -0.2) is 4.39 Å². The van der Waals surface area contributed by atoms with Gasteiger partial charge in [0.05, 0.1) is 6.10 Å². The van der Waals surface area contributed by atoms with E-state index in [4.69, 9.17) is 0 Å². The highest BCUT2D eigenvalue weighted by molar-refractivity contribution is 9.10. The van der Waals surface area contributed by atoms with Gasteiger partial charge in [-0.05, 0) is 42.5 Å². The standard InChI is InChI=1S/C13H18BrFO/c1-3-4-9(2)13(16)7-10-5-11(14)8-12(15)6-10/h5-6,8-9,13,16H,3-4,7H2,1-2H3. The first-order valence-corrected chi connectivity index (χ1v) is 6.45. The minimum Gasteiger partial charge on any atom is -0.393 e. The van der Waals surface area contributed by atoms with Crippen LogP contribution in [-0.2, 0) is 6.42 Å². The van der Waals surface area contributed by atoms with Crippen LogP contribution < -0.4 is 0 Å². The molecular weight excluding hydrogens is 271 g/mol. The lowest BCUT2D eigenvalue weighted by atomic mass is 9.94. The zero-order valence-corrected chi connectivity index (χ0v) is 11.3. The number of aliphatic hydroxyl groups excluding tert-OH is 1. The van der Waals surface area contributed by atoms with Crippen LogP contribution in [0.15, 0.2) is 22.7 Å². The lowest BCUT2D eigenvalue weighted by Crippen LogP contribution is -2.20. The summed E-state index contributed by atoms with van der Waals surface area (Å²) in [6, 6.07) is 4.75. The van der Waals surface area contributed by atoms with E-state index in [9.17, 15) is 9.50 Å². The lowest BCUT2D eigenvalue weighted by Gasteiger charge is -2.18. The first-order valence-electron chi connectivity index (χ1n) is 5.66. The molecule has 0 aromatic heterocycles. The molecule has 0 bridgehead atoms. The fraction of sp³-hybridized carbons (Fsp3) is 0.538. The Bertz CT molecular complexity index is 320. The molecular formula is C13H18BrFO. The molecule has 0 saturated heterocycles. The maximum Gasteiger partial charge on any atom is 0.124 e. The van der Waals surface area contributed by atoms with E-state index in [0.29, 0.717) is 6.42 Å². The summed E-state index contributed by atoms with van der Waals surface area (Å²) in [4.78, 5) is 0. The number of rotatable bonds is 5. The molecule has 2 atom stereocenters. The molecule has 0 spiro atoms. The fourth-order valence-electron chi connectivity index (χ4n) is 1.82. The van der Waals surface area contributed by atoms with Crippen LogP contribution in [0.3, 0.4) is 0 Å². The Morgan fingerprint density at radius 3 is 2.62 bits per heavy atom. The molecule has 0 aliphatic carbocycles. The van der Waals surface area contributed by atoms with Gasteiger partial charge in [-0.15, -0.1) is 0 Å².